The SMILES string of the molecule is N[C@@H]1CN(CC(=O)Nc2ccc(Br)cc2F)C[C@H]1c1ccccc1. The Balaban J connectivity index is 1.59. The number of nitrogens with two attached hydrogens (primary N) is 1. The third-order valence-corrected chi connectivity index (χ3v) is 4.73. The molecule has 0 aliphatic carbocycles. The molecule has 1 saturated heterocycles. The van der Waals surface area contributed by atoms with Gasteiger partial charge in [-0.2, -0.15) is 0 Å². The Hall–Kier alpha value is -1.76. The van der Waals surface area contributed by atoms with Crippen molar-refractivity contribution in [1.82, 2.24) is 4.90 Å². The van der Waals surface area contributed by atoms with E-state index in [1.807, 2.05) is 23.1 Å². The lowest BCUT2D eigenvalue weighted by molar-refractivity contribution is -0.117. The zero-order chi connectivity index (χ0) is 17.1. The number of hydrogen-bond donors (Lipinski definition) is 2. The van der Waals surface area contributed by atoms with Gasteiger partial charge in [-0.15, -0.1) is 0 Å². The summed E-state index contributed by atoms with van der Waals surface area (Å²) in [5, 5.41) is 2.62. The molecule has 2 aromatic rings. The molecule has 0 unspecified atom stereocenters. The maximum absolute atomic E-state index is 13.8. The van der Waals surface area contributed by atoms with Crippen LogP contribution in [0.2, 0.25) is 0 Å². The minimum absolute atomic E-state index is 0.00961. The summed E-state index contributed by atoms with van der Waals surface area (Å²) in [5.41, 5.74) is 7.61. The van der Waals surface area contributed by atoms with E-state index in [4.69, 9.17) is 5.73 Å². The van der Waals surface area contributed by atoms with Crippen molar-refractivity contribution in [3.05, 3.63) is 64.4 Å². The normalized spacial score (nSPS) is 21.0. The third kappa shape index (κ3) is 4.01. The summed E-state index contributed by atoms with van der Waals surface area (Å²) < 4.78 is 14.4. The second-order valence-corrected chi connectivity index (χ2v) is 6.96. The Labute approximate surface area is 149 Å². The highest BCUT2D eigenvalue weighted by atomic mass is 79.9. The lowest BCUT2D eigenvalue weighted by atomic mass is 9.95. The summed E-state index contributed by atoms with van der Waals surface area (Å²) in [4.78, 5) is 14.2. The van der Waals surface area contributed by atoms with Gasteiger partial charge in [-0.1, -0.05) is 46.3 Å². The molecule has 126 valence electrons. The molecule has 1 aliphatic heterocycles. The van der Waals surface area contributed by atoms with Crippen molar-refractivity contribution in [1.29, 1.82) is 0 Å². The molecule has 24 heavy (non-hydrogen) atoms. The van der Waals surface area contributed by atoms with Gasteiger partial charge in [0.1, 0.15) is 5.82 Å². The minimum Gasteiger partial charge on any atom is -0.326 e. The fraction of sp³-hybridized carbons (Fsp3) is 0.278. The standard InChI is InChI=1S/C18H19BrFN3O/c19-13-6-7-17(15(20)8-13)22-18(24)11-23-9-14(16(21)10-23)12-4-2-1-3-5-12/h1-8,14,16H,9-11,21H2,(H,22,24)/t14-,16+/m0/s1. The summed E-state index contributed by atoms with van der Waals surface area (Å²) in [6, 6.07) is 14.6. The molecule has 3 rings (SSSR count). The summed E-state index contributed by atoms with van der Waals surface area (Å²) in [6.45, 7) is 1.57. The van der Waals surface area contributed by atoms with Crippen LogP contribution in [-0.2, 0) is 4.79 Å². The average Bonchev–Trinajstić information content (AvgIpc) is 2.91. The molecule has 3 N–H and O–H groups in total. The first kappa shape index (κ1) is 17.1. The predicted molar refractivity (Wildman–Crippen MR) is 96.3 cm³/mol. The Morgan fingerprint density at radius 1 is 1.25 bits per heavy atom. The zero-order valence-electron chi connectivity index (χ0n) is 13.1. The van der Waals surface area contributed by atoms with Gasteiger partial charge in [0.25, 0.3) is 0 Å². The molecule has 0 radical (unpaired) electrons. The second-order valence-electron chi connectivity index (χ2n) is 6.05. The largest absolute Gasteiger partial charge is 0.326 e. The van der Waals surface area contributed by atoms with Crippen LogP contribution < -0.4 is 11.1 Å². The molecule has 1 amide bonds. The molecule has 0 bridgehead atoms. The number of amides is 1. The van der Waals surface area contributed by atoms with Gasteiger partial charge in [-0.3, -0.25) is 9.69 Å². The van der Waals surface area contributed by atoms with Crippen LogP contribution in [0.4, 0.5) is 10.1 Å². The van der Waals surface area contributed by atoms with Crippen LogP contribution >= 0.6 is 15.9 Å². The molecule has 6 heteroatoms. The van der Waals surface area contributed by atoms with Crippen molar-refractivity contribution in [2.45, 2.75) is 12.0 Å². The van der Waals surface area contributed by atoms with Crippen LogP contribution in [0.3, 0.4) is 0 Å². The van der Waals surface area contributed by atoms with Crippen LogP contribution in [0, 0.1) is 5.82 Å². The number of hydrogen-bond acceptors (Lipinski definition) is 3. The number of carbonyl (C=O) groups excluding carboxylic acids is 1. The topological polar surface area (TPSA) is 58.4 Å². The molecule has 0 saturated carbocycles. The smallest absolute Gasteiger partial charge is 0.238 e. The molecule has 4 nitrogen and oxygen atoms in total. The number of benzene rings is 2. The highest BCUT2D eigenvalue weighted by molar-refractivity contribution is 9.10. The maximum Gasteiger partial charge on any atom is 0.238 e. The van der Waals surface area contributed by atoms with Crippen LogP contribution in [0.1, 0.15) is 11.5 Å². The number of halogens is 2. The van der Waals surface area contributed by atoms with Crippen molar-refractivity contribution >= 4 is 27.5 Å². The van der Waals surface area contributed by atoms with Crippen molar-refractivity contribution in [3.63, 3.8) is 0 Å². The number of carbonyl (C=O) groups is 1. The quantitative estimate of drug-likeness (QED) is 0.841. The van der Waals surface area contributed by atoms with E-state index in [1.54, 1.807) is 12.1 Å². The highest BCUT2D eigenvalue weighted by Gasteiger charge is 2.32. The van der Waals surface area contributed by atoms with Gasteiger partial charge >= 0.3 is 0 Å². The van der Waals surface area contributed by atoms with E-state index in [0.29, 0.717) is 11.0 Å². The fourth-order valence-electron chi connectivity index (χ4n) is 3.08. The van der Waals surface area contributed by atoms with Gasteiger partial charge in [0.05, 0.1) is 12.2 Å². The van der Waals surface area contributed by atoms with Gasteiger partial charge in [0, 0.05) is 29.5 Å². The summed E-state index contributed by atoms with van der Waals surface area (Å²) in [5.74, 6) is -0.487. The van der Waals surface area contributed by atoms with E-state index in [0.717, 1.165) is 6.54 Å². The first-order chi connectivity index (χ1) is 11.5. The van der Waals surface area contributed by atoms with E-state index in [9.17, 15) is 9.18 Å². The molecule has 1 heterocycles. The first-order valence-corrected chi connectivity index (χ1v) is 8.60. The van der Waals surface area contributed by atoms with Crippen molar-refractivity contribution in [3.8, 4) is 0 Å². The molecule has 1 fully saturated rings. The number of likely N-dealkylation sites (tertiary alicyclic amines) is 1. The van der Waals surface area contributed by atoms with Crippen molar-refractivity contribution in [2.75, 3.05) is 25.0 Å². The highest BCUT2D eigenvalue weighted by Crippen LogP contribution is 2.26. The maximum atomic E-state index is 13.8. The summed E-state index contributed by atoms with van der Waals surface area (Å²) in [7, 11) is 0. The van der Waals surface area contributed by atoms with Crippen molar-refractivity contribution in [2.24, 2.45) is 5.73 Å². The van der Waals surface area contributed by atoms with E-state index in [-0.39, 0.29) is 30.1 Å². The molecular formula is C18H19BrFN3O. The van der Waals surface area contributed by atoms with Gasteiger partial charge in [0.15, 0.2) is 0 Å². The Morgan fingerprint density at radius 2 is 2.00 bits per heavy atom. The predicted octanol–water partition coefficient (Wildman–Crippen LogP) is 2.95. The molecule has 0 spiro atoms. The molecule has 2 aromatic carbocycles. The average molecular weight is 392 g/mol. The number of rotatable bonds is 4. The number of nitrogens with zero attached hydrogens (tertiary/aromatic N) is 1. The molecule has 1 aliphatic rings. The minimum atomic E-state index is -0.460. The summed E-state index contributed by atoms with van der Waals surface area (Å²) >= 11 is 3.19. The Bertz CT molecular complexity index is 725. The van der Waals surface area contributed by atoms with Crippen LogP contribution in [0.15, 0.2) is 53.0 Å². The van der Waals surface area contributed by atoms with Crippen molar-refractivity contribution < 1.29 is 9.18 Å². The lowest BCUT2D eigenvalue weighted by Crippen LogP contribution is -2.33. The van der Waals surface area contributed by atoms with Crippen LogP contribution in [0.5, 0.6) is 0 Å². The second kappa shape index (κ2) is 7.42. The van der Waals surface area contributed by atoms with Crippen LogP contribution in [0.25, 0.3) is 0 Å². The van der Waals surface area contributed by atoms with E-state index in [1.165, 1.54) is 11.6 Å². The monoisotopic (exact) mass is 391 g/mol. The number of anilines is 1. The van der Waals surface area contributed by atoms with Crippen LogP contribution in [-0.4, -0.2) is 36.5 Å². The zero-order valence-corrected chi connectivity index (χ0v) is 14.7. The third-order valence-electron chi connectivity index (χ3n) is 4.24. The lowest BCUT2D eigenvalue weighted by Gasteiger charge is -2.16. The first-order valence-electron chi connectivity index (χ1n) is 7.80. The van der Waals surface area contributed by atoms with E-state index in [2.05, 4.69) is 33.4 Å². The summed E-state index contributed by atoms with van der Waals surface area (Å²) in [6.07, 6.45) is 0. The number of nitrogens with one attached hydrogen (secondary N) is 1. The van der Waals surface area contributed by atoms with Gasteiger partial charge in [-0.25, -0.2) is 4.39 Å². The van der Waals surface area contributed by atoms with E-state index >= 15 is 0 Å². The Morgan fingerprint density at radius 3 is 2.71 bits per heavy atom. The molecule has 0 aromatic heterocycles. The Kier molecular flexibility index (Phi) is 5.28. The fourth-order valence-corrected chi connectivity index (χ4v) is 3.41. The molecule has 2 atom stereocenters. The van der Waals surface area contributed by atoms with Gasteiger partial charge < -0.3 is 11.1 Å². The molecular weight excluding hydrogens is 373 g/mol. The van der Waals surface area contributed by atoms with E-state index < -0.39 is 5.82 Å². The van der Waals surface area contributed by atoms with Gasteiger partial charge in [-0.05, 0) is 23.8 Å². The van der Waals surface area contributed by atoms with Gasteiger partial charge in [0.2, 0.25) is 5.91 Å².